The van der Waals surface area contributed by atoms with Crippen molar-refractivity contribution in [1.29, 1.82) is 0 Å². The Kier molecular flexibility index (Phi) is 5.81. The van der Waals surface area contributed by atoms with Crippen LogP contribution in [0.4, 0.5) is 4.79 Å². The number of carbonyl (C=O) groups excluding carboxylic acids is 2. The van der Waals surface area contributed by atoms with Crippen LogP contribution in [0, 0.1) is 6.92 Å². The summed E-state index contributed by atoms with van der Waals surface area (Å²) in [5.41, 5.74) is 1.03. The third-order valence-electron chi connectivity index (χ3n) is 4.35. The van der Waals surface area contributed by atoms with Gasteiger partial charge in [-0.1, -0.05) is 18.2 Å². The number of amides is 2. The first kappa shape index (κ1) is 19.0. The third kappa shape index (κ3) is 4.31. The second-order valence-corrected chi connectivity index (χ2v) is 7.51. The molecule has 0 aliphatic carbocycles. The lowest BCUT2D eigenvalue weighted by Crippen LogP contribution is -2.46. The molecule has 0 unspecified atom stereocenters. The zero-order chi connectivity index (χ0) is 19.4. The van der Waals surface area contributed by atoms with Crippen LogP contribution in [0.3, 0.4) is 0 Å². The molecular formula is C20H22N2O4S. The Morgan fingerprint density at radius 2 is 1.89 bits per heavy atom. The molecule has 6 nitrogen and oxygen atoms in total. The molecule has 1 aliphatic heterocycles. The summed E-state index contributed by atoms with van der Waals surface area (Å²) >= 11 is 1.55. The molecule has 27 heavy (non-hydrogen) atoms. The van der Waals surface area contributed by atoms with Crippen molar-refractivity contribution < 1.29 is 19.1 Å². The van der Waals surface area contributed by atoms with E-state index >= 15 is 0 Å². The molecule has 0 saturated carbocycles. The maximum atomic E-state index is 12.8. The molecule has 2 aromatic rings. The van der Waals surface area contributed by atoms with Crippen molar-refractivity contribution in [2.45, 2.75) is 19.9 Å². The van der Waals surface area contributed by atoms with Crippen molar-refractivity contribution in [3.63, 3.8) is 0 Å². The SMILES string of the molecule is CC1=C(C(=O)OCCOc2ccccc2)[C@@H](c2ccc(C)s2)NC(=O)N1C. The van der Waals surface area contributed by atoms with E-state index in [1.54, 1.807) is 25.3 Å². The van der Waals surface area contributed by atoms with Crippen molar-refractivity contribution in [1.82, 2.24) is 10.2 Å². The Morgan fingerprint density at radius 3 is 2.56 bits per heavy atom. The molecule has 0 spiro atoms. The summed E-state index contributed by atoms with van der Waals surface area (Å²) in [4.78, 5) is 28.4. The summed E-state index contributed by atoms with van der Waals surface area (Å²) < 4.78 is 11.0. The van der Waals surface area contributed by atoms with Crippen molar-refractivity contribution in [3.8, 4) is 5.75 Å². The van der Waals surface area contributed by atoms with Gasteiger partial charge in [0, 0.05) is 22.5 Å². The highest BCUT2D eigenvalue weighted by Crippen LogP contribution is 2.34. The first-order chi connectivity index (χ1) is 13.0. The maximum Gasteiger partial charge on any atom is 0.338 e. The molecule has 1 aromatic carbocycles. The minimum absolute atomic E-state index is 0.123. The monoisotopic (exact) mass is 386 g/mol. The Bertz CT molecular complexity index is 860. The quantitative estimate of drug-likeness (QED) is 0.608. The Morgan fingerprint density at radius 1 is 1.15 bits per heavy atom. The predicted octanol–water partition coefficient (Wildman–Crippen LogP) is 3.65. The number of nitrogens with zero attached hydrogens (tertiary/aromatic N) is 1. The van der Waals surface area contributed by atoms with Crippen LogP contribution in [0.5, 0.6) is 5.75 Å². The molecular weight excluding hydrogens is 364 g/mol. The summed E-state index contributed by atoms with van der Waals surface area (Å²) in [5.74, 6) is 0.271. The molecule has 1 atom stereocenters. The molecule has 0 fully saturated rings. The van der Waals surface area contributed by atoms with Crippen LogP contribution < -0.4 is 10.1 Å². The van der Waals surface area contributed by atoms with E-state index in [2.05, 4.69) is 5.32 Å². The number of benzene rings is 1. The van der Waals surface area contributed by atoms with Gasteiger partial charge in [0.15, 0.2) is 0 Å². The van der Waals surface area contributed by atoms with E-state index in [0.29, 0.717) is 11.3 Å². The summed E-state index contributed by atoms with van der Waals surface area (Å²) in [7, 11) is 1.63. The zero-order valence-corrected chi connectivity index (χ0v) is 16.3. The number of hydrogen-bond donors (Lipinski definition) is 1. The number of para-hydroxylation sites is 1. The molecule has 3 rings (SSSR count). The molecule has 142 valence electrons. The number of nitrogens with one attached hydrogen (secondary N) is 1. The fraction of sp³-hybridized carbons (Fsp3) is 0.300. The summed E-state index contributed by atoms with van der Waals surface area (Å²) in [6.07, 6.45) is 0. The smallest absolute Gasteiger partial charge is 0.338 e. The molecule has 2 heterocycles. The van der Waals surface area contributed by atoms with E-state index in [4.69, 9.17) is 9.47 Å². The highest BCUT2D eigenvalue weighted by molar-refractivity contribution is 7.12. The van der Waals surface area contributed by atoms with Crippen LogP contribution in [0.1, 0.15) is 22.7 Å². The van der Waals surface area contributed by atoms with Gasteiger partial charge in [0.1, 0.15) is 19.0 Å². The molecule has 1 aliphatic rings. The first-order valence-electron chi connectivity index (χ1n) is 8.63. The Balaban J connectivity index is 1.70. The van der Waals surface area contributed by atoms with Gasteiger partial charge in [-0.2, -0.15) is 0 Å². The van der Waals surface area contributed by atoms with Gasteiger partial charge in [-0.25, -0.2) is 9.59 Å². The lowest BCUT2D eigenvalue weighted by atomic mass is 10.0. The highest BCUT2D eigenvalue weighted by Gasteiger charge is 2.35. The number of rotatable bonds is 6. The Labute approximate surface area is 162 Å². The van der Waals surface area contributed by atoms with E-state index in [0.717, 1.165) is 15.5 Å². The van der Waals surface area contributed by atoms with Gasteiger partial charge in [0.2, 0.25) is 0 Å². The number of aryl methyl sites for hydroxylation is 1. The van der Waals surface area contributed by atoms with Crippen molar-refractivity contribution in [2.24, 2.45) is 0 Å². The van der Waals surface area contributed by atoms with Crippen molar-refractivity contribution in [3.05, 3.63) is 63.5 Å². The van der Waals surface area contributed by atoms with Gasteiger partial charge < -0.3 is 19.7 Å². The number of ether oxygens (including phenoxy) is 2. The lowest BCUT2D eigenvalue weighted by molar-refractivity contribution is -0.140. The fourth-order valence-corrected chi connectivity index (χ4v) is 3.75. The Hall–Kier alpha value is -2.80. The van der Waals surface area contributed by atoms with Crippen LogP contribution in [-0.2, 0) is 9.53 Å². The number of carbonyl (C=O) groups is 2. The van der Waals surface area contributed by atoms with Gasteiger partial charge in [-0.15, -0.1) is 11.3 Å². The fourth-order valence-electron chi connectivity index (χ4n) is 2.81. The zero-order valence-electron chi connectivity index (χ0n) is 15.5. The average Bonchev–Trinajstić information content (AvgIpc) is 3.10. The van der Waals surface area contributed by atoms with Gasteiger partial charge in [0.25, 0.3) is 0 Å². The summed E-state index contributed by atoms with van der Waals surface area (Å²) in [6.45, 7) is 4.12. The largest absolute Gasteiger partial charge is 0.490 e. The summed E-state index contributed by atoms with van der Waals surface area (Å²) in [5, 5.41) is 2.88. The van der Waals surface area contributed by atoms with Crippen LogP contribution in [-0.4, -0.2) is 37.2 Å². The average molecular weight is 386 g/mol. The number of thiophene rings is 1. The van der Waals surface area contributed by atoms with E-state index in [1.807, 2.05) is 49.4 Å². The normalized spacial score (nSPS) is 16.9. The minimum Gasteiger partial charge on any atom is -0.490 e. The minimum atomic E-state index is -0.505. The van der Waals surface area contributed by atoms with Crippen molar-refractivity contribution in [2.75, 3.05) is 20.3 Å². The summed E-state index contributed by atoms with van der Waals surface area (Å²) in [6, 6.07) is 12.5. The molecule has 2 amide bonds. The van der Waals surface area contributed by atoms with Gasteiger partial charge in [-0.05, 0) is 38.1 Å². The number of esters is 1. The van der Waals surface area contributed by atoms with Crippen LogP contribution >= 0.6 is 11.3 Å². The van der Waals surface area contributed by atoms with Crippen LogP contribution in [0.25, 0.3) is 0 Å². The first-order valence-corrected chi connectivity index (χ1v) is 9.45. The number of hydrogen-bond acceptors (Lipinski definition) is 5. The molecule has 0 saturated heterocycles. The van der Waals surface area contributed by atoms with Crippen LogP contribution in [0.15, 0.2) is 53.7 Å². The molecule has 7 heteroatoms. The lowest BCUT2D eigenvalue weighted by Gasteiger charge is -2.32. The molecule has 1 N–H and O–H groups in total. The van der Waals surface area contributed by atoms with E-state index in [-0.39, 0.29) is 19.2 Å². The number of allylic oxidation sites excluding steroid dienone is 1. The maximum absolute atomic E-state index is 12.8. The predicted molar refractivity (Wildman–Crippen MR) is 104 cm³/mol. The molecule has 1 aromatic heterocycles. The van der Waals surface area contributed by atoms with E-state index in [1.165, 1.54) is 4.90 Å². The van der Waals surface area contributed by atoms with Gasteiger partial charge >= 0.3 is 12.0 Å². The molecule has 0 bridgehead atoms. The number of urea groups is 1. The van der Waals surface area contributed by atoms with Gasteiger partial charge in [-0.3, -0.25) is 0 Å². The second kappa shape index (κ2) is 8.26. The van der Waals surface area contributed by atoms with E-state index in [9.17, 15) is 9.59 Å². The molecule has 0 radical (unpaired) electrons. The highest BCUT2D eigenvalue weighted by atomic mass is 32.1. The third-order valence-corrected chi connectivity index (χ3v) is 5.41. The second-order valence-electron chi connectivity index (χ2n) is 6.19. The standard InChI is InChI=1S/C20H22N2O4S/c1-13-9-10-16(27-13)18-17(14(2)22(3)20(24)21-18)19(23)26-12-11-25-15-7-5-4-6-8-15/h4-10,18H,11-12H2,1-3H3,(H,21,24)/t18-/m1/s1. The van der Waals surface area contributed by atoms with Crippen molar-refractivity contribution >= 4 is 23.3 Å². The van der Waals surface area contributed by atoms with E-state index < -0.39 is 12.0 Å². The van der Waals surface area contributed by atoms with Crippen LogP contribution in [0.2, 0.25) is 0 Å². The van der Waals surface area contributed by atoms with Gasteiger partial charge in [0.05, 0.1) is 11.6 Å². The topological polar surface area (TPSA) is 67.9 Å².